The molecular formula is C28H34N2O2. The first-order chi connectivity index (χ1) is 15.7. The Hall–Kier alpha value is -2.85. The second-order valence-electron chi connectivity index (χ2n) is 8.94. The Morgan fingerprint density at radius 3 is 2.50 bits per heavy atom. The molecule has 0 bridgehead atoms. The van der Waals surface area contributed by atoms with E-state index in [-0.39, 0.29) is 5.91 Å². The number of furan rings is 1. The number of nitrogens with zero attached hydrogens (tertiary/aromatic N) is 1. The van der Waals surface area contributed by atoms with Gasteiger partial charge in [0.25, 0.3) is 5.91 Å². The molecule has 1 saturated carbocycles. The minimum Gasteiger partial charge on any atom is -0.455 e. The van der Waals surface area contributed by atoms with E-state index in [0.29, 0.717) is 18.3 Å². The summed E-state index contributed by atoms with van der Waals surface area (Å²) >= 11 is 0. The van der Waals surface area contributed by atoms with Crippen molar-refractivity contribution in [1.29, 1.82) is 0 Å². The van der Waals surface area contributed by atoms with Gasteiger partial charge in [-0.3, -0.25) is 9.69 Å². The molecule has 1 N–H and O–H groups in total. The summed E-state index contributed by atoms with van der Waals surface area (Å²) in [6.45, 7) is 4.38. The molecule has 0 radical (unpaired) electrons. The lowest BCUT2D eigenvalue weighted by atomic mass is 9.93. The van der Waals surface area contributed by atoms with Crippen molar-refractivity contribution in [2.24, 2.45) is 0 Å². The fourth-order valence-corrected chi connectivity index (χ4v) is 4.64. The van der Waals surface area contributed by atoms with Gasteiger partial charge in [0.05, 0.1) is 6.54 Å². The number of carbonyl (C=O) groups is 1. The highest BCUT2D eigenvalue weighted by molar-refractivity contribution is 5.91. The maximum Gasteiger partial charge on any atom is 0.287 e. The third kappa shape index (κ3) is 6.33. The zero-order chi connectivity index (χ0) is 22.2. The first-order valence-corrected chi connectivity index (χ1v) is 11.9. The number of hydrogen-bond donors (Lipinski definition) is 1. The second-order valence-corrected chi connectivity index (χ2v) is 8.94. The van der Waals surface area contributed by atoms with Crippen LogP contribution >= 0.6 is 0 Å². The zero-order valence-corrected chi connectivity index (χ0v) is 19.1. The van der Waals surface area contributed by atoms with Crippen LogP contribution in [0.25, 0.3) is 0 Å². The Balaban J connectivity index is 1.37. The van der Waals surface area contributed by atoms with E-state index in [0.717, 1.165) is 25.3 Å². The van der Waals surface area contributed by atoms with Crippen LogP contribution in [0.2, 0.25) is 0 Å². The highest BCUT2D eigenvalue weighted by atomic mass is 16.4. The average Bonchev–Trinajstić information content (AvgIpc) is 3.29. The van der Waals surface area contributed by atoms with E-state index < -0.39 is 0 Å². The molecule has 0 unspecified atom stereocenters. The normalized spacial score (nSPS) is 14.6. The molecule has 1 amide bonds. The highest BCUT2D eigenvalue weighted by Gasteiger charge is 2.23. The minimum absolute atomic E-state index is 0.143. The highest BCUT2D eigenvalue weighted by Crippen LogP contribution is 2.26. The molecule has 3 aromatic rings. The maximum absolute atomic E-state index is 12.5. The Labute approximate surface area is 191 Å². The van der Waals surface area contributed by atoms with E-state index in [1.54, 1.807) is 6.07 Å². The predicted molar refractivity (Wildman–Crippen MR) is 128 cm³/mol. The molecule has 4 heteroatoms. The smallest absolute Gasteiger partial charge is 0.287 e. The van der Waals surface area contributed by atoms with Crippen molar-refractivity contribution >= 4 is 5.91 Å². The predicted octanol–water partition coefficient (Wildman–Crippen LogP) is 5.90. The van der Waals surface area contributed by atoms with Gasteiger partial charge in [-0.1, -0.05) is 79.4 Å². The largest absolute Gasteiger partial charge is 0.455 e. The van der Waals surface area contributed by atoms with E-state index >= 15 is 0 Å². The van der Waals surface area contributed by atoms with Gasteiger partial charge in [-0.05, 0) is 49.4 Å². The molecule has 168 valence electrons. The summed E-state index contributed by atoms with van der Waals surface area (Å²) in [5.41, 5.74) is 3.84. The van der Waals surface area contributed by atoms with Crippen molar-refractivity contribution in [3.05, 3.63) is 94.9 Å². The molecule has 0 spiro atoms. The van der Waals surface area contributed by atoms with Gasteiger partial charge in [-0.25, -0.2) is 0 Å². The van der Waals surface area contributed by atoms with Crippen LogP contribution in [0.5, 0.6) is 0 Å². The van der Waals surface area contributed by atoms with Crippen LogP contribution < -0.4 is 5.32 Å². The average molecular weight is 431 g/mol. The van der Waals surface area contributed by atoms with Gasteiger partial charge >= 0.3 is 0 Å². The van der Waals surface area contributed by atoms with E-state index in [2.05, 4.69) is 53.5 Å². The van der Waals surface area contributed by atoms with Crippen LogP contribution in [-0.2, 0) is 19.5 Å². The quantitative estimate of drug-likeness (QED) is 0.460. The fourth-order valence-electron chi connectivity index (χ4n) is 4.64. The summed E-state index contributed by atoms with van der Waals surface area (Å²) in [4.78, 5) is 15.1. The third-order valence-corrected chi connectivity index (χ3v) is 6.35. The number of hydrogen-bond acceptors (Lipinski definition) is 3. The Morgan fingerprint density at radius 1 is 0.938 bits per heavy atom. The molecule has 32 heavy (non-hydrogen) atoms. The first-order valence-electron chi connectivity index (χ1n) is 11.9. The SMILES string of the molecule is Cc1cccc(CN(Cc2ccc(C(=O)NCCc3ccccc3)o2)C2CCCCC2)c1. The van der Waals surface area contributed by atoms with Gasteiger partial charge in [-0.15, -0.1) is 0 Å². The van der Waals surface area contributed by atoms with Gasteiger partial charge < -0.3 is 9.73 Å². The summed E-state index contributed by atoms with van der Waals surface area (Å²) in [7, 11) is 0. The summed E-state index contributed by atoms with van der Waals surface area (Å²) < 4.78 is 5.98. The van der Waals surface area contributed by atoms with Crippen LogP contribution in [0.4, 0.5) is 0 Å². The molecule has 1 fully saturated rings. The lowest BCUT2D eigenvalue weighted by Gasteiger charge is -2.34. The van der Waals surface area contributed by atoms with Crippen molar-refractivity contribution in [3.8, 4) is 0 Å². The number of amides is 1. The van der Waals surface area contributed by atoms with Crippen LogP contribution in [0.1, 0.15) is 65.1 Å². The molecule has 0 atom stereocenters. The molecule has 4 nitrogen and oxygen atoms in total. The number of carbonyl (C=O) groups excluding carboxylic acids is 1. The van der Waals surface area contributed by atoms with Crippen molar-refractivity contribution in [2.45, 2.75) is 64.6 Å². The molecule has 1 aromatic heterocycles. The lowest BCUT2D eigenvalue weighted by molar-refractivity contribution is 0.0916. The van der Waals surface area contributed by atoms with Crippen molar-refractivity contribution in [3.63, 3.8) is 0 Å². The summed E-state index contributed by atoms with van der Waals surface area (Å²) in [5, 5.41) is 2.98. The molecule has 0 saturated heterocycles. The van der Waals surface area contributed by atoms with Crippen LogP contribution in [0.15, 0.2) is 71.1 Å². The van der Waals surface area contributed by atoms with Gasteiger partial charge in [-0.2, -0.15) is 0 Å². The van der Waals surface area contributed by atoms with Gasteiger partial charge in [0.2, 0.25) is 0 Å². The van der Waals surface area contributed by atoms with Crippen LogP contribution in [0.3, 0.4) is 0 Å². The van der Waals surface area contributed by atoms with E-state index in [1.807, 2.05) is 24.3 Å². The topological polar surface area (TPSA) is 45.5 Å². The summed E-state index contributed by atoms with van der Waals surface area (Å²) in [6, 6.07) is 23.3. The zero-order valence-electron chi connectivity index (χ0n) is 19.1. The van der Waals surface area contributed by atoms with Gasteiger partial charge in [0.15, 0.2) is 5.76 Å². The lowest BCUT2D eigenvalue weighted by Crippen LogP contribution is -2.35. The van der Waals surface area contributed by atoms with Crippen LogP contribution in [0, 0.1) is 6.92 Å². The van der Waals surface area contributed by atoms with E-state index in [1.165, 1.54) is 48.8 Å². The number of benzene rings is 2. The standard InChI is InChI=1S/C28H34N2O2/c1-22-9-8-12-24(19-22)20-30(25-13-6-3-7-14-25)21-26-15-16-27(32-26)28(31)29-18-17-23-10-4-2-5-11-23/h2,4-5,8-12,15-16,19,25H,3,6-7,13-14,17-18,20-21H2,1H3,(H,29,31). The molecule has 1 heterocycles. The summed E-state index contributed by atoms with van der Waals surface area (Å²) in [5.74, 6) is 1.11. The molecule has 2 aromatic carbocycles. The fraction of sp³-hybridized carbons (Fsp3) is 0.393. The number of rotatable bonds is 9. The van der Waals surface area contributed by atoms with Crippen molar-refractivity contribution in [2.75, 3.05) is 6.54 Å². The maximum atomic E-state index is 12.5. The van der Waals surface area contributed by atoms with Crippen LogP contribution in [-0.4, -0.2) is 23.4 Å². The van der Waals surface area contributed by atoms with E-state index in [4.69, 9.17) is 4.42 Å². The Kier molecular flexibility index (Phi) is 7.78. The number of nitrogens with one attached hydrogen (secondary N) is 1. The van der Waals surface area contributed by atoms with E-state index in [9.17, 15) is 4.79 Å². The molecule has 1 aliphatic rings. The van der Waals surface area contributed by atoms with Gasteiger partial charge in [0.1, 0.15) is 5.76 Å². The van der Waals surface area contributed by atoms with Crippen molar-refractivity contribution in [1.82, 2.24) is 10.2 Å². The Morgan fingerprint density at radius 2 is 1.72 bits per heavy atom. The van der Waals surface area contributed by atoms with Crippen molar-refractivity contribution < 1.29 is 9.21 Å². The molecule has 4 rings (SSSR count). The number of aryl methyl sites for hydroxylation is 1. The first kappa shape index (κ1) is 22.3. The molecular weight excluding hydrogens is 396 g/mol. The minimum atomic E-state index is -0.143. The molecule has 1 aliphatic carbocycles. The Bertz CT molecular complexity index is 989. The summed E-state index contributed by atoms with van der Waals surface area (Å²) in [6.07, 6.45) is 7.21. The second kappa shape index (κ2) is 11.1. The monoisotopic (exact) mass is 430 g/mol. The third-order valence-electron chi connectivity index (χ3n) is 6.35. The van der Waals surface area contributed by atoms with Gasteiger partial charge in [0, 0.05) is 19.1 Å². The molecule has 0 aliphatic heterocycles.